The summed E-state index contributed by atoms with van der Waals surface area (Å²) in [6, 6.07) is 0.825. The van der Waals surface area contributed by atoms with Gasteiger partial charge >= 0.3 is 0 Å². The average Bonchev–Trinajstić information content (AvgIpc) is 2.85. The second-order valence-corrected chi connectivity index (χ2v) is 4.94. The van der Waals surface area contributed by atoms with Crippen molar-refractivity contribution in [2.24, 2.45) is 11.3 Å². The van der Waals surface area contributed by atoms with Crippen molar-refractivity contribution in [3.63, 3.8) is 0 Å². The van der Waals surface area contributed by atoms with Gasteiger partial charge in [-0.1, -0.05) is 19.8 Å². The molecule has 2 unspecified atom stereocenters. The molecule has 2 rings (SSSR count). The van der Waals surface area contributed by atoms with E-state index in [1.54, 1.807) is 0 Å². The molecule has 0 spiro atoms. The Morgan fingerprint density at radius 2 is 1.83 bits per heavy atom. The van der Waals surface area contributed by atoms with Crippen LogP contribution in [0.2, 0.25) is 0 Å². The van der Waals surface area contributed by atoms with E-state index in [-0.39, 0.29) is 0 Å². The molecule has 2 fully saturated rings. The van der Waals surface area contributed by atoms with E-state index in [0.717, 1.165) is 17.4 Å². The molecule has 0 aromatic heterocycles. The predicted molar refractivity (Wildman–Crippen MR) is 52.1 cm³/mol. The van der Waals surface area contributed by atoms with Crippen molar-refractivity contribution >= 4 is 0 Å². The maximum atomic E-state index is 3.50. The van der Waals surface area contributed by atoms with Crippen LogP contribution in [0.3, 0.4) is 0 Å². The Labute approximate surface area is 75.9 Å². The monoisotopic (exact) mass is 167 g/mol. The second-order valence-electron chi connectivity index (χ2n) is 4.94. The molecule has 0 aliphatic heterocycles. The smallest absolute Gasteiger partial charge is 0.00975 e. The van der Waals surface area contributed by atoms with Crippen molar-refractivity contribution in [1.82, 2.24) is 5.32 Å². The summed E-state index contributed by atoms with van der Waals surface area (Å²) in [4.78, 5) is 0. The minimum atomic E-state index is 0.730. The average molecular weight is 167 g/mol. The lowest BCUT2D eigenvalue weighted by molar-refractivity contribution is 0.187. The summed E-state index contributed by atoms with van der Waals surface area (Å²) in [5, 5.41) is 3.50. The van der Waals surface area contributed by atoms with E-state index in [9.17, 15) is 0 Å². The van der Waals surface area contributed by atoms with Gasteiger partial charge in [0.25, 0.3) is 0 Å². The van der Waals surface area contributed by atoms with E-state index in [1.165, 1.54) is 38.5 Å². The van der Waals surface area contributed by atoms with Crippen molar-refractivity contribution in [3.05, 3.63) is 0 Å². The quantitative estimate of drug-likeness (QED) is 0.666. The molecule has 1 N–H and O–H groups in total. The molecule has 0 saturated heterocycles. The molecule has 1 nitrogen and oxygen atoms in total. The maximum absolute atomic E-state index is 3.50. The van der Waals surface area contributed by atoms with Gasteiger partial charge in [0, 0.05) is 6.04 Å². The summed E-state index contributed by atoms with van der Waals surface area (Å²) < 4.78 is 0. The van der Waals surface area contributed by atoms with Crippen molar-refractivity contribution in [2.75, 3.05) is 7.05 Å². The van der Waals surface area contributed by atoms with Gasteiger partial charge in [-0.25, -0.2) is 0 Å². The first-order valence-corrected chi connectivity index (χ1v) is 5.43. The molecule has 2 saturated carbocycles. The predicted octanol–water partition coefficient (Wildman–Crippen LogP) is 2.56. The minimum Gasteiger partial charge on any atom is -0.317 e. The van der Waals surface area contributed by atoms with Gasteiger partial charge in [-0.3, -0.25) is 0 Å². The SMILES string of the molecule is CNC1CCCCC1C1(C)CC1. The summed E-state index contributed by atoms with van der Waals surface area (Å²) in [6.07, 6.45) is 8.76. The Balaban J connectivity index is 2.00. The fraction of sp³-hybridized carbons (Fsp3) is 1.00. The molecular formula is C11H21N. The number of nitrogens with one attached hydrogen (secondary N) is 1. The van der Waals surface area contributed by atoms with Crippen molar-refractivity contribution in [1.29, 1.82) is 0 Å². The van der Waals surface area contributed by atoms with Gasteiger partial charge in [0.2, 0.25) is 0 Å². The Bertz CT molecular complexity index is 160. The highest BCUT2D eigenvalue weighted by atomic mass is 14.9. The lowest BCUT2D eigenvalue weighted by Crippen LogP contribution is -2.40. The molecular weight excluding hydrogens is 146 g/mol. The topological polar surface area (TPSA) is 12.0 Å². The van der Waals surface area contributed by atoms with Crippen LogP contribution in [0.25, 0.3) is 0 Å². The number of rotatable bonds is 2. The van der Waals surface area contributed by atoms with Gasteiger partial charge in [-0.15, -0.1) is 0 Å². The Kier molecular flexibility index (Phi) is 2.16. The molecule has 2 aliphatic carbocycles. The Hall–Kier alpha value is -0.0400. The zero-order valence-electron chi connectivity index (χ0n) is 8.40. The first kappa shape index (κ1) is 8.55. The standard InChI is InChI=1S/C11H21N/c1-11(7-8-11)9-5-3-4-6-10(9)12-2/h9-10,12H,3-8H2,1-2H3. The van der Waals surface area contributed by atoms with Gasteiger partial charge in [0.15, 0.2) is 0 Å². The molecule has 1 heteroatoms. The van der Waals surface area contributed by atoms with E-state index in [2.05, 4.69) is 19.3 Å². The summed E-state index contributed by atoms with van der Waals surface area (Å²) in [5.41, 5.74) is 0.730. The van der Waals surface area contributed by atoms with E-state index in [4.69, 9.17) is 0 Å². The molecule has 0 radical (unpaired) electrons. The van der Waals surface area contributed by atoms with Gasteiger partial charge in [0.1, 0.15) is 0 Å². The Morgan fingerprint density at radius 1 is 1.17 bits per heavy atom. The highest BCUT2D eigenvalue weighted by Gasteiger charge is 2.47. The molecule has 0 aromatic rings. The van der Waals surface area contributed by atoms with Crippen LogP contribution in [0, 0.1) is 11.3 Å². The molecule has 0 aromatic carbocycles. The molecule has 70 valence electrons. The van der Waals surface area contributed by atoms with Crippen LogP contribution in [0.5, 0.6) is 0 Å². The summed E-state index contributed by atoms with van der Waals surface area (Å²) in [6.45, 7) is 2.48. The van der Waals surface area contributed by atoms with Crippen LogP contribution in [0.1, 0.15) is 45.4 Å². The Morgan fingerprint density at radius 3 is 2.42 bits per heavy atom. The largest absolute Gasteiger partial charge is 0.317 e. The third-order valence-corrected chi connectivity index (χ3v) is 4.07. The summed E-state index contributed by atoms with van der Waals surface area (Å²) in [7, 11) is 2.13. The first-order chi connectivity index (χ1) is 5.76. The third kappa shape index (κ3) is 1.39. The summed E-state index contributed by atoms with van der Waals surface area (Å²) >= 11 is 0. The van der Waals surface area contributed by atoms with E-state index in [1.807, 2.05) is 0 Å². The van der Waals surface area contributed by atoms with Crippen molar-refractivity contribution in [2.45, 2.75) is 51.5 Å². The van der Waals surface area contributed by atoms with E-state index in [0.29, 0.717) is 0 Å². The molecule has 0 heterocycles. The van der Waals surface area contributed by atoms with Crippen molar-refractivity contribution in [3.8, 4) is 0 Å². The normalized spacial score (nSPS) is 39.5. The van der Waals surface area contributed by atoms with Crippen LogP contribution in [-0.2, 0) is 0 Å². The molecule has 12 heavy (non-hydrogen) atoms. The van der Waals surface area contributed by atoms with E-state index < -0.39 is 0 Å². The number of hydrogen-bond donors (Lipinski definition) is 1. The van der Waals surface area contributed by atoms with Crippen molar-refractivity contribution < 1.29 is 0 Å². The lowest BCUT2D eigenvalue weighted by atomic mass is 9.75. The summed E-state index contributed by atoms with van der Waals surface area (Å²) in [5.74, 6) is 0.983. The third-order valence-electron chi connectivity index (χ3n) is 4.07. The lowest BCUT2D eigenvalue weighted by Gasteiger charge is -2.35. The minimum absolute atomic E-state index is 0.730. The highest BCUT2D eigenvalue weighted by Crippen LogP contribution is 2.55. The molecule has 0 amide bonds. The second kappa shape index (κ2) is 3.02. The number of hydrogen-bond acceptors (Lipinski definition) is 1. The maximum Gasteiger partial charge on any atom is 0.00975 e. The van der Waals surface area contributed by atoms with Crippen LogP contribution < -0.4 is 5.32 Å². The van der Waals surface area contributed by atoms with Gasteiger partial charge in [-0.05, 0) is 44.1 Å². The first-order valence-electron chi connectivity index (χ1n) is 5.43. The van der Waals surface area contributed by atoms with Gasteiger partial charge in [0.05, 0.1) is 0 Å². The highest BCUT2D eigenvalue weighted by molar-refractivity contribution is 5.00. The van der Waals surface area contributed by atoms with Crippen LogP contribution in [0.4, 0.5) is 0 Å². The fourth-order valence-electron chi connectivity index (χ4n) is 2.88. The van der Waals surface area contributed by atoms with Gasteiger partial charge in [-0.2, -0.15) is 0 Å². The fourth-order valence-corrected chi connectivity index (χ4v) is 2.88. The van der Waals surface area contributed by atoms with E-state index >= 15 is 0 Å². The van der Waals surface area contributed by atoms with Crippen LogP contribution in [-0.4, -0.2) is 13.1 Å². The van der Waals surface area contributed by atoms with Crippen LogP contribution >= 0.6 is 0 Å². The molecule has 2 aliphatic rings. The van der Waals surface area contributed by atoms with Crippen LogP contribution in [0.15, 0.2) is 0 Å². The zero-order chi connectivity index (χ0) is 8.60. The molecule has 0 bridgehead atoms. The van der Waals surface area contributed by atoms with Gasteiger partial charge < -0.3 is 5.32 Å². The zero-order valence-corrected chi connectivity index (χ0v) is 8.40. The molecule has 2 atom stereocenters.